The van der Waals surface area contributed by atoms with Crippen molar-refractivity contribution in [1.82, 2.24) is 10.0 Å². The second-order valence-corrected chi connectivity index (χ2v) is 7.66. The van der Waals surface area contributed by atoms with Crippen LogP contribution in [0.3, 0.4) is 0 Å². The average Bonchev–Trinajstić information content (AvgIpc) is 3.36. The zero-order valence-corrected chi connectivity index (χ0v) is 12.8. The lowest BCUT2D eigenvalue weighted by molar-refractivity contribution is -0.176. The number of amides is 4. The van der Waals surface area contributed by atoms with Crippen molar-refractivity contribution in [3.63, 3.8) is 0 Å². The lowest BCUT2D eigenvalue weighted by atomic mass is 9.81. The lowest BCUT2D eigenvalue weighted by Gasteiger charge is -2.26. The van der Waals surface area contributed by atoms with Crippen LogP contribution in [0.25, 0.3) is 0 Å². The molecule has 24 heavy (non-hydrogen) atoms. The van der Waals surface area contributed by atoms with Crippen LogP contribution < -0.4 is 0 Å². The molecule has 6 rings (SSSR count). The van der Waals surface area contributed by atoms with E-state index in [0.29, 0.717) is 0 Å². The summed E-state index contributed by atoms with van der Waals surface area (Å²) < 4.78 is 11.4. The molecule has 0 aromatic rings. The van der Waals surface area contributed by atoms with Gasteiger partial charge in [0.05, 0.1) is 48.1 Å². The molecule has 0 aromatic carbocycles. The number of imide groups is 2. The smallest absolute Gasteiger partial charge is 0.255 e. The molecule has 0 radical (unpaired) electrons. The largest absolute Gasteiger partial charge is 0.373 e. The summed E-state index contributed by atoms with van der Waals surface area (Å²) in [5.74, 6) is -3.95. The number of carbonyl (C=O) groups is 4. The first-order valence-corrected chi connectivity index (χ1v) is 8.64. The Labute approximate surface area is 137 Å². The maximum absolute atomic E-state index is 12.8. The van der Waals surface area contributed by atoms with Gasteiger partial charge in [-0.1, -0.05) is 0 Å². The number of nitrogens with zero attached hydrogens (tertiary/aromatic N) is 2. The van der Waals surface area contributed by atoms with E-state index in [4.69, 9.17) is 9.47 Å². The fourth-order valence-corrected chi connectivity index (χ4v) is 5.79. The molecule has 8 heteroatoms. The highest BCUT2D eigenvalue weighted by Gasteiger charge is 2.69. The van der Waals surface area contributed by atoms with Gasteiger partial charge in [-0.2, -0.15) is 10.0 Å². The van der Waals surface area contributed by atoms with Crippen molar-refractivity contribution in [3.8, 4) is 0 Å². The SMILES string of the molecule is O=C1[C@@H]2[C@H](C(=O)N1N1C(=O)[C@@H]3[C@H](C1=O)[C@H]1CC[C@@H]3O1)[C@H]1CC[C@@H]2O1. The van der Waals surface area contributed by atoms with Gasteiger partial charge in [0.2, 0.25) is 0 Å². The molecular weight excluding hydrogens is 316 g/mol. The van der Waals surface area contributed by atoms with Crippen molar-refractivity contribution < 1.29 is 28.7 Å². The van der Waals surface area contributed by atoms with E-state index < -0.39 is 47.3 Å². The Morgan fingerprint density at radius 2 is 0.792 bits per heavy atom. The molecule has 0 aromatic heterocycles. The predicted octanol–water partition coefficient (Wildman–Crippen LogP) is -0.774. The van der Waals surface area contributed by atoms with Crippen LogP contribution in [0.15, 0.2) is 0 Å². The second-order valence-electron chi connectivity index (χ2n) is 7.66. The third-order valence-corrected chi connectivity index (χ3v) is 6.72. The van der Waals surface area contributed by atoms with Gasteiger partial charge in [0.25, 0.3) is 23.6 Å². The van der Waals surface area contributed by atoms with Gasteiger partial charge in [0, 0.05) is 0 Å². The summed E-state index contributed by atoms with van der Waals surface area (Å²) >= 11 is 0. The number of rotatable bonds is 1. The molecule has 6 heterocycles. The van der Waals surface area contributed by atoms with Crippen LogP contribution >= 0.6 is 0 Å². The molecular formula is C16H16N2O6. The first kappa shape index (κ1) is 13.5. The van der Waals surface area contributed by atoms with E-state index in [-0.39, 0.29) is 24.4 Å². The standard InChI is InChI=1S/C16H16N2O6/c19-13-9-5-1-2-6(23-5)10(9)14(20)17(13)18-15(21)11-7-3-4-8(24-7)12(11)16(18)22/h5-12H,1-4H2/t5-,6+,7-,8+,9-,10+,11-,12+. The Morgan fingerprint density at radius 1 is 0.542 bits per heavy atom. The maximum atomic E-state index is 12.8. The summed E-state index contributed by atoms with van der Waals surface area (Å²) in [6.07, 6.45) is 1.99. The molecule has 8 atom stereocenters. The van der Waals surface area contributed by atoms with Crippen LogP contribution in [0.5, 0.6) is 0 Å². The van der Waals surface area contributed by atoms with Crippen molar-refractivity contribution in [2.75, 3.05) is 0 Å². The Morgan fingerprint density at radius 3 is 1.04 bits per heavy atom. The van der Waals surface area contributed by atoms with Crippen molar-refractivity contribution in [3.05, 3.63) is 0 Å². The van der Waals surface area contributed by atoms with E-state index in [1.165, 1.54) is 0 Å². The van der Waals surface area contributed by atoms with Gasteiger partial charge >= 0.3 is 0 Å². The molecule has 8 nitrogen and oxygen atoms in total. The normalized spacial score (nSPS) is 51.3. The quantitative estimate of drug-likeness (QED) is 0.585. The molecule has 6 saturated heterocycles. The molecule has 0 saturated carbocycles. The third-order valence-electron chi connectivity index (χ3n) is 6.72. The molecule has 0 aliphatic carbocycles. The third kappa shape index (κ3) is 1.28. The predicted molar refractivity (Wildman–Crippen MR) is 73.5 cm³/mol. The number of ether oxygens (including phenoxy) is 2. The molecule has 0 unspecified atom stereocenters. The second kappa shape index (κ2) is 4.05. The number of fused-ring (bicyclic) bond motifs is 10. The van der Waals surface area contributed by atoms with Crippen LogP contribution in [0.4, 0.5) is 0 Å². The first-order chi connectivity index (χ1) is 11.6. The zero-order valence-electron chi connectivity index (χ0n) is 12.8. The molecule has 4 amide bonds. The molecule has 0 spiro atoms. The average molecular weight is 332 g/mol. The number of hydrazine groups is 1. The van der Waals surface area contributed by atoms with Gasteiger partial charge < -0.3 is 9.47 Å². The highest BCUT2D eigenvalue weighted by atomic mass is 16.5. The molecule has 6 fully saturated rings. The highest BCUT2D eigenvalue weighted by Crippen LogP contribution is 2.52. The van der Waals surface area contributed by atoms with E-state index in [1.54, 1.807) is 0 Å². The van der Waals surface area contributed by atoms with Gasteiger partial charge in [-0.3, -0.25) is 19.2 Å². The maximum Gasteiger partial charge on any atom is 0.255 e. The Hall–Kier alpha value is -1.80. The van der Waals surface area contributed by atoms with Crippen LogP contribution in [0.2, 0.25) is 0 Å². The van der Waals surface area contributed by atoms with Crippen LogP contribution in [-0.4, -0.2) is 58.1 Å². The molecule has 4 bridgehead atoms. The Bertz CT molecular complexity index is 605. The monoisotopic (exact) mass is 332 g/mol. The van der Waals surface area contributed by atoms with E-state index in [9.17, 15) is 19.2 Å². The number of carbonyl (C=O) groups excluding carboxylic acids is 4. The van der Waals surface area contributed by atoms with Crippen molar-refractivity contribution in [2.45, 2.75) is 50.1 Å². The zero-order chi connectivity index (χ0) is 16.3. The minimum atomic E-state index is -0.537. The number of hydrogen-bond acceptors (Lipinski definition) is 6. The summed E-state index contributed by atoms with van der Waals surface area (Å²) in [6.45, 7) is 0. The van der Waals surface area contributed by atoms with Crippen molar-refractivity contribution in [1.29, 1.82) is 0 Å². The van der Waals surface area contributed by atoms with Crippen LogP contribution in [0.1, 0.15) is 25.7 Å². The fraction of sp³-hybridized carbons (Fsp3) is 0.750. The van der Waals surface area contributed by atoms with Gasteiger partial charge in [0.1, 0.15) is 0 Å². The summed E-state index contributed by atoms with van der Waals surface area (Å²) in [4.78, 5) is 51.2. The van der Waals surface area contributed by atoms with Crippen molar-refractivity contribution >= 4 is 23.6 Å². The number of hydrogen-bond donors (Lipinski definition) is 0. The topological polar surface area (TPSA) is 93.2 Å². The highest BCUT2D eigenvalue weighted by molar-refractivity contribution is 6.14. The molecule has 6 aliphatic heterocycles. The molecule has 6 aliphatic rings. The minimum absolute atomic E-state index is 0.256. The van der Waals surface area contributed by atoms with Gasteiger partial charge in [-0.25, -0.2) is 0 Å². The van der Waals surface area contributed by atoms with Gasteiger partial charge in [0.15, 0.2) is 0 Å². The van der Waals surface area contributed by atoms with Gasteiger partial charge in [-0.15, -0.1) is 0 Å². The minimum Gasteiger partial charge on any atom is -0.373 e. The van der Waals surface area contributed by atoms with Gasteiger partial charge in [-0.05, 0) is 25.7 Å². The lowest BCUT2D eigenvalue weighted by Crippen LogP contribution is -2.52. The van der Waals surface area contributed by atoms with E-state index in [1.807, 2.05) is 0 Å². The van der Waals surface area contributed by atoms with Crippen LogP contribution in [0, 0.1) is 23.7 Å². The molecule has 126 valence electrons. The summed E-state index contributed by atoms with van der Waals surface area (Å²) in [6, 6.07) is 0. The fourth-order valence-electron chi connectivity index (χ4n) is 5.79. The van der Waals surface area contributed by atoms with Crippen molar-refractivity contribution in [2.24, 2.45) is 23.7 Å². The van der Waals surface area contributed by atoms with Crippen LogP contribution in [-0.2, 0) is 28.7 Å². The molecule has 0 N–H and O–H groups in total. The van der Waals surface area contributed by atoms with E-state index in [2.05, 4.69) is 0 Å². The summed E-state index contributed by atoms with van der Waals surface area (Å²) in [5.41, 5.74) is 0. The summed E-state index contributed by atoms with van der Waals surface area (Å²) in [5, 5.41) is 1.68. The van der Waals surface area contributed by atoms with E-state index in [0.717, 1.165) is 35.7 Å². The summed E-state index contributed by atoms with van der Waals surface area (Å²) in [7, 11) is 0. The Kier molecular flexibility index (Phi) is 2.28. The van der Waals surface area contributed by atoms with E-state index >= 15 is 0 Å². The Balaban J connectivity index is 1.38. The first-order valence-electron chi connectivity index (χ1n) is 8.64.